The minimum atomic E-state index is -3.87. The summed E-state index contributed by atoms with van der Waals surface area (Å²) in [6.45, 7) is 0.0438. The van der Waals surface area contributed by atoms with Crippen LogP contribution in [0.1, 0.15) is 27.3 Å². The summed E-state index contributed by atoms with van der Waals surface area (Å²) in [4.78, 5) is 2.97. The minimum Gasteiger partial charge on any atom is -0.385 e. The van der Waals surface area contributed by atoms with Crippen LogP contribution in [0.5, 0.6) is 0 Å². The fraction of sp³-hybridized carbons (Fsp3) is 0.273. The van der Waals surface area contributed by atoms with Crippen molar-refractivity contribution in [3.05, 3.63) is 92.6 Å². The molecule has 0 bridgehead atoms. The van der Waals surface area contributed by atoms with Gasteiger partial charge in [0.25, 0.3) is 0 Å². The highest BCUT2D eigenvalue weighted by Crippen LogP contribution is 2.45. The summed E-state index contributed by atoms with van der Waals surface area (Å²) in [5.41, 5.74) is -0.835. The number of likely N-dealkylation sites (tertiary alicyclic amines) is 1. The first-order valence-electron chi connectivity index (χ1n) is 9.47. The molecular formula is C22H20ClF2NO3S2. The Balaban J connectivity index is 1.68. The molecule has 1 aliphatic rings. The number of benzene rings is 2. The first-order chi connectivity index (χ1) is 14.6. The second kappa shape index (κ2) is 8.26. The van der Waals surface area contributed by atoms with E-state index in [2.05, 4.69) is 0 Å². The third-order valence-electron chi connectivity index (χ3n) is 5.42. The van der Waals surface area contributed by atoms with E-state index in [1.165, 1.54) is 0 Å². The Bertz CT molecular complexity index is 1160. The van der Waals surface area contributed by atoms with Gasteiger partial charge in [0.05, 0.1) is 6.04 Å². The molecule has 1 saturated heterocycles. The molecule has 2 aromatic carbocycles. The number of hydrogen-bond donors (Lipinski definition) is 1. The van der Waals surface area contributed by atoms with Crippen LogP contribution >= 0.6 is 22.9 Å². The molecule has 2 atom stereocenters. The summed E-state index contributed by atoms with van der Waals surface area (Å²) in [5.74, 6) is -1.78. The zero-order valence-electron chi connectivity index (χ0n) is 16.5. The predicted molar refractivity (Wildman–Crippen MR) is 118 cm³/mol. The zero-order chi connectivity index (χ0) is 22.4. The van der Waals surface area contributed by atoms with Crippen LogP contribution in [0.4, 0.5) is 8.78 Å². The third-order valence-corrected chi connectivity index (χ3v) is 8.17. The summed E-state index contributed by atoms with van der Waals surface area (Å²) in [7, 11) is -3.87. The third kappa shape index (κ3) is 4.54. The second-order valence-electron chi connectivity index (χ2n) is 7.89. The highest BCUT2D eigenvalue weighted by molar-refractivity contribution is 7.91. The van der Waals surface area contributed by atoms with Crippen molar-refractivity contribution in [2.24, 2.45) is 0 Å². The lowest BCUT2D eigenvalue weighted by molar-refractivity contribution is -0.112. The van der Waals surface area contributed by atoms with Gasteiger partial charge < -0.3 is 5.11 Å². The maximum absolute atomic E-state index is 13.8. The smallest absolute Gasteiger partial charge is 0.157 e. The van der Waals surface area contributed by atoms with Crippen molar-refractivity contribution in [3.63, 3.8) is 0 Å². The lowest BCUT2D eigenvalue weighted by atomic mass is 9.84. The minimum absolute atomic E-state index is 0.0219. The van der Waals surface area contributed by atoms with Crippen LogP contribution in [0.15, 0.2) is 60.0 Å². The summed E-state index contributed by atoms with van der Waals surface area (Å²) in [5, 5.41) is 12.4. The number of hydrogen-bond acceptors (Lipinski definition) is 5. The lowest BCUT2D eigenvalue weighted by Crippen LogP contribution is -2.66. The van der Waals surface area contributed by atoms with Gasteiger partial charge in [-0.05, 0) is 46.8 Å². The molecule has 2 heterocycles. The molecule has 0 unspecified atom stereocenters. The SMILES string of the molecule is CS(=O)(=O)[C@H](c1cc(F)cc(F)c1)C1(O)CN([C@@H](c2ccc(Cl)cc2)c2cccs2)C1. The molecule has 4 nitrogen and oxygen atoms in total. The molecule has 164 valence electrons. The van der Waals surface area contributed by atoms with Crippen molar-refractivity contribution in [2.75, 3.05) is 19.3 Å². The van der Waals surface area contributed by atoms with Gasteiger partial charge >= 0.3 is 0 Å². The highest BCUT2D eigenvalue weighted by atomic mass is 35.5. The van der Waals surface area contributed by atoms with E-state index < -0.39 is 32.3 Å². The Morgan fingerprint density at radius 2 is 1.68 bits per heavy atom. The molecule has 31 heavy (non-hydrogen) atoms. The predicted octanol–water partition coefficient (Wildman–Crippen LogP) is 4.60. The average Bonchev–Trinajstić information content (AvgIpc) is 3.14. The summed E-state index contributed by atoms with van der Waals surface area (Å²) in [6, 6.07) is 13.6. The molecule has 1 fully saturated rings. The van der Waals surface area contributed by atoms with Gasteiger partial charge in [0.1, 0.15) is 22.5 Å². The maximum atomic E-state index is 13.8. The topological polar surface area (TPSA) is 57.6 Å². The first-order valence-corrected chi connectivity index (χ1v) is 12.7. The number of β-amino-alcohol motifs (C(OH)–C–C–N with tert-alkyl or cyclic N) is 1. The molecule has 0 aliphatic carbocycles. The van der Waals surface area contributed by atoms with E-state index in [9.17, 15) is 22.3 Å². The van der Waals surface area contributed by atoms with Crippen molar-refractivity contribution < 1.29 is 22.3 Å². The molecule has 0 saturated carbocycles. The fourth-order valence-electron chi connectivity index (χ4n) is 4.33. The standard InChI is InChI=1S/C22H20ClF2NO3S2/c1-31(28,29)21(15-9-17(24)11-18(25)10-15)22(27)12-26(13-22)20(19-3-2-8-30-19)14-4-6-16(23)7-5-14/h2-11,20-21,27H,12-13H2,1H3/t20-,21+/m0/s1. The van der Waals surface area contributed by atoms with E-state index in [1.54, 1.807) is 23.5 Å². The van der Waals surface area contributed by atoms with Crippen molar-refractivity contribution in [2.45, 2.75) is 16.9 Å². The summed E-state index contributed by atoms with van der Waals surface area (Å²) in [6.07, 6.45) is 0.969. The Morgan fingerprint density at radius 3 is 2.19 bits per heavy atom. The fourth-order valence-corrected chi connectivity index (χ4v) is 6.92. The number of halogens is 3. The number of nitrogens with zero attached hydrogens (tertiary/aromatic N) is 1. The van der Waals surface area contributed by atoms with E-state index in [0.717, 1.165) is 28.8 Å². The van der Waals surface area contributed by atoms with Gasteiger partial charge in [-0.1, -0.05) is 29.8 Å². The number of rotatable bonds is 6. The Hall–Kier alpha value is -1.84. The molecule has 0 amide bonds. The largest absolute Gasteiger partial charge is 0.385 e. The monoisotopic (exact) mass is 483 g/mol. The Labute approximate surface area is 188 Å². The van der Waals surface area contributed by atoms with Crippen molar-refractivity contribution in [3.8, 4) is 0 Å². The normalized spacial score (nSPS) is 18.4. The van der Waals surface area contributed by atoms with E-state index >= 15 is 0 Å². The number of thiophene rings is 1. The molecule has 0 spiro atoms. The van der Waals surface area contributed by atoms with Gasteiger partial charge in [0.2, 0.25) is 0 Å². The van der Waals surface area contributed by atoms with Gasteiger partial charge in [-0.2, -0.15) is 0 Å². The Kier molecular flexibility index (Phi) is 5.95. The van der Waals surface area contributed by atoms with Crippen LogP contribution in [-0.2, 0) is 9.84 Å². The van der Waals surface area contributed by atoms with Crippen LogP contribution < -0.4 is 0 Å². The number of sulfone groups is 1. The van der Waals surface area contributed by atoms with E-state index in [0.29, 0.717) is 11.1 Å². The van der Waals surface area contributed by atoms with Gasteiger partial charge in [0.15, 0.2) is 9.84 Å². The average molecular weight is 484 g/mol. The van der Waals surface area contributed by atoms with Crippen LogP contribution in [0, 0.1) is 11.6 Å². The summed E-state index contributed by atoms with van der Waals surface area (Å²) >= 11 is 7.57. The Morgan fingerprint density at radius 1 is 1.06 bits per heavy atom. The highest BCUT2D eigenvalue weighted by Gasteiger charge is 2.54. The lowest BCUT2D eigenvalue weighted by Gasteiger charge is -2.52. The zero-order valence-corrected chi connectivity index (χ0v) is 18.9. The molecule has 1 aromatic heterocycles. The van der Waals surface area contributed by atoms with Gasteiger partial charge in [0, 0.05) is 35.3 Å². The van der Waals surface area contributed by atoms with Gasteiger partial charge in [-0.3, -0.25) is 4.90 Å². The summed E-state index contributed by atoms with van der Waals surface area (Å²) < 4.78 is 52.7. The van der Waals surface area contributed by atoms with Crippen LogP contribution in [0.2, 0.25) is 5.02 Å². The van der Waals surface area contributed by atoms with E-state index in [4.69, 9.17) is 11.6 Å². The van der Waals surface area contributed by atoms with Crippen molar-refractivity contribution >= 4 is 32.8 Å². The molecule has 1 N–H and O–H groups in total. The molecular weight excluding hydrogens is 464 g/mol. The van der Waals surface area contributed by atoms with E-state index in [-0.39, 0.29) is 24.7 Å². The number of aliphatic hydroxyl groups is 1. The van der Waals surface area contributed by atoms with Gasteiger partial charge in [-0.25, -0.2) is 17.2 Å². The van der Waals surface area contributed by atoms with E-state index in [1.807, 2.05) is 34.5 Å². The van der Waals surface area contributed by atoms with Crippen LogP contribution in [0.3, 0.4) is 0 Å². The molecule has 0 radical (unpaired) electrons. The second-order valence-corrected chi connectivity index (χ2v) is 11.4. The molecule has 9 heteroatoms. The van der Waals surface area contributed by atoms with Crippen LogP contribution in [0.25, 0.3) is 0 Å². The first kappa shape index (κ1) is 22.4. The molecule has 1 aliphatic heterocycles. The van der Waals surface area contributed by atoms with Crippen LogP contribution in [-0.4, -0.2) is 43.4 Å². The van der Waals surface area contributed by atoms with Crippen molar-refractivity contribution in [1.29, 1.82) is 0 Å². The quantitative estimate of drug-likeness (QED) is 0.556. The molecule has 4 rings (SSSR count). The molecule has 3 aromatic rings. The van der Waals surface area contributed by atoms with Gasteiger partial charge in [-0.15, -0.1) is 11.3 Å². The van der Waals surface area contributed by atoms with Crippen molar-refractivity contribution in [1.82, 2.24) is 4.90 Å². The maximum Gasteiger partial charge on any atom is 0.157 e.